The lowest BCUT2D eigenvalue weighted by atomic mass is 10.1. The van der Waals surface area contributed by atoms with E-state index in [-0.39, 0.29) is 5.82 Å². The molecule has 1 aromatic carbocycles. The van der Waals surface area contributed by atoms with Crippen molar-refractivity contribution in [3.05, 3.63) is 53.7 Å². The van der Waals surface area contributed by atoms with Crippen molar-refractivity contribution in [3.63, 3.8) is 0 Å². The third-order valence-corrected chi connectivity index (χ3v) is 3.55. The Balaban J connectivity index is 1.86. The van der Waals surface area contributed by atoms with Crippen molar-refractivity contribution in [1.82, 2.24) is 5.32 Å². The van der Waals surface area contributed by atoms with Gasteiger partial charge in [0.15, 0.2) is 0 Å². The highest BCUT2D eigenvalue weighted by atomic mass is 19.1. The van der Waals surface area contributed by atoms with Crippen molar-refractivity contribution >= 4 is 5.69 Å². The number of hydrogen-bond acceptors (Lipinski definition) is 3. The Bertz CT molecular complexity index is 564. The molecule has 0 spiro atoms. The van der Waals surface area contributed by atoms with Gasteiger partial charge < -0.3 is 14.6 Å². The molecule has 1 fully saturated rings. The molecular formula is C16H19FN2O. The number of hydrogen-bond donors (Lipinski definition) is 1. The summed E-state index contributed by atoms with van der Waals surface area (Å²) in [7, 11) is 1.87. The second-order valence-corrected chi connectivity index (χ2v) is 5.29. The molecule has 0 bridgehead atoms. The SMILES string of the molecule is CNCc1cc(F)cc(N(Cc2ccco2)C2CC2)c1. The third kappa shape index (κ3) is 3.02. The number of nitrogens with one attached hydrogen (secondary N) is 1. The topological polar surface area (TPSA) is 28.4 Å². The first kappa shape index (κ1) is 13.2. The van der Waals surface area contributed by atoms with Gasteiger partial charge in [-0.3, -0.25) is 0 Å². The van der Waals surface area contributed by atoms with Crippen LogP contribution in [0.4, 0.5) is 10.1 Å². The van der Waals surface area contributed by atoms with Crippen LogP contribution in [0.2, 0.25) is 0 Å². The first-order valence-electron chi connectivity index (χ1n) is 6.99. The minimum absolute atomic E-state index is 0.183. The first-order valence-corrected chi connectivity index (χ1v) is 6.99. The van der Waals surface area contributed by atoms with E-state index in [1.54, 1.807) is 18.4 Å². The molecule has 3 nitrogen and oxygen atoms in total. The lowest BCUT2D eigenvalue weighted by molar-refractivity contribution is 0.500. The monoisotopic (exact) mass is 274 g/mol. The largest absolute Gasteiger partial charge is 0.467 e. The molecule has 20 heavy (non-hydrogen) atoms. The standard InChI is InChI=1S/C16H19FN2O/c1-18-10-12-7-13(17)9-15(8-12)19(14-4-5-14)11-16-3-2-6-20-16/h2-3,6-9,14,18H,4-5,10-11H2,1H3. The van der Waals surface area contributed by atoms with Crippen LogP contribution >= 0.6 is 0 Å². The number of halogens is 1. The normalized spacial score (nSPS) is 14.5. The maximum atomic E-state index is 13.8. The van der Waals surface area contributed by atoms with Crippen molar-refractivity contribution in [2.45, 2.75) is 32.0 Å². The molecule has 0 saturated heterocycles. The average Bonchev–Trinajstić information content (AvgIpc) is 3.12. The van der Waals surface area contributed by atoms with E-state index in [4.69, 9.17) is 4.42 Å². The Morgan fingerprint density at radius 3 is 2.85 bits per heavy atom. The number of anilines is 1. The summed E-state index contributed by atoms with van der Waals surface area (Å²) in [5, 5.41) is 3.06. The summed E-state index contributed by atoms with van der Waals surface area (Å²) in [5.74, 6) is 0.731. The lowest BCUT2D eigenvalue weighted by Crippen LogP contribution is -2.25. The van der Waals surface area contributed by atoms with Gasteiger partial charge in [-0.2, -0.15) is 0 Å². The molecule has 1 N–H and O–H groups in total. The van der Waals surface area contributed by atoms with E-state index in [0.717, 1.165) is 17.0 Å². The summed E-state index contributed by atoms with van der Waals surface area (Å²) in [6, 6.07) is 9.60. The van der Waals surface area contributed by atoms with Gasteiger partial charge in [0.2, 0.25) is 0 Å². The third-order valence-electron chi connectivity index (χ3n) is 3.55. The molecular weight excluding hydrogens is 255 g/mol. The predicted octanol–water partition coefficient (Wildman–Crippen LogP) is 3.31. The van der Waals surface area contributed by atoms with Crippen LogP contribution in [-0.2, 0) is 13.1 Å². The van der Waals surface area contributed by atoms with Gasteiger partial charge in [-0.05, 0) is 55.8 Å². The molecule has 0 radical (unpaired) electrons. The van der Waals surface area contributed by atoms with E-state index < -0.39 is 0 Å². The summed E-state index contributed by atoms with van der Waals surface area (Å²) in [6.45, 7) is 1.37. The lowest BCUT2D eigenvalue weighted by Gasteiger charge is -2.24. The van der Waals surface area contributed by atoms with Crippen molar-refractivity contribution in [3.8, 4) is 0 Å². The summed E-state index contributed by atoms with van der Waals surface area (Å²) < 4.78 is 19.2. The van der Waals surface area contributed by atoms with Gasteiger partial charge in [-0.15, -0.1) is 0 Å². The number of rotatable bonds is 6. The smallest absolute Gasteiger partial charge is 0.125 e. The molecule has 1 heterocycles. The van der Waals surface area contributed by atoms with E-state index in [0.29, 0.717) is 19.1 Å². The predicted molar refractivity (Wildman–Crippen MR) is 77.1 cm³/mol. The average molecular weight is 274 g/mol. The van der Waals surface area contributed by atoms with E-state index >= 15 is 0 Å². The molecule has 0 aliphatic heterocycles. The van der Waals surface area contributed by atoms with Gasteiger partial charge in [0.25, 0.3) is 0 Å². The molecule has 2 aromatic rings. The molecule has 0 atom stereocenters. The first-order chi connectivity index (χ1) is 9.76. The molecule has 1 aliphatic rings. The van der Waals surface area contributed by atoms with Crippen molar-refractivity contribution in [2.75, 3.05) is 11.9 Å². The maximum Gasteiger partial charge on any atom is 0.125 e. The highest BCUT2D eigenvalue weighted by molar-refractivity contribution is 5.51. The van der Waals surface area contributed by atoms with Crippen molar-refractivity contribution in [1.29, 1.82) is 0 Å². The molecule has 0 amide bonds. The Kier molecular flexibility index (Phi) is 3.74. The van der Waals surface area contributed by atoms with E-state index in [1.165, 1.54) is 12.8 Å². The Morgan fingerprint density at radius 1 is 1.35 bits per heavy atom. The van der Waals surface area contributed by atoms with Gasteiger partial charge in [0.05, 0.1) is 12.8 Å². The minimum Gasteiger partial charge on any atom is -0.467 e. The summed E-state index contributed by atoms with van der Waals surface area (Å²) in [6.07, 6.45) is 4.01. The highest BCUT2D eigenvalue weighted by Crippen LogP contribution is 2.34. The highest BCUT2D eigenvalue weighted by Gasteiger charge is 2.30. The van der Waals surface area contributed by atoms with Crippen LogP contribution in [-0.4, -0.2) is 13.1 Å². The molecule has 1 saturated carbocycles. The fraction of sp³-hybridized carbons (Fsp3) is 0.375. The molecule has 1 aromatic heterocycles. The second kappa shape index (κ2) is 5.67. The quantitative estimate of drug-likeness (QED) is 0.876. The van der Waals surface area contributed by atoms with E-state index in [9.17, 15) is 4.39 Å². The Hall–Kier alpha value is -1.81. The Labute approximate surface area is 118 Å². The second-order valence-electron chi connectivity index (χ2n) is 5.29. The van der Waals surface area contributed by atoms with Crippen LogP contribution < -0.4 is 10.2 Å². The van der Waals surface area contributed by atoms with Crippen LogP contribution in [0.3, 0.4) is 0 Å². The molecule has 4 heteroatoms. The maximum absolute atomic E-state index is 13.8. The molecule has 3 rings (SSSR count). The van der Waals surface area contributed by atoms with Gasteiger partial charge in [0, 0.05) is 18.3 Å². The number of nitrogens with zero attached hydrogens (tertiary/aromatic N) is 1. The van der Waals surface area contributed by atoms with Crippen LogP contribution in [0.15, 0.2) is 41.0 Å². The number of benzene rings is 1. The zero-order valence-corrected chi connectivity index (χ0v) is 11.6. The molecule has 1 aliphatic carbocycles. The van der Waals surface area contributed by atoms with E-state index in [2.05, 4.69) is 16.3 Å². The van der Waals surface area contributed by atoms with Crippen molar-refractivity contribution in [2.24, 2.45) is 0 Å². The van der Waals surface area contributed by atoms with Crippen molar-refractivity contribution < 1.29 is 8.81 Å². The minimum atomic E-state index is -0.183. The van der Waals surface area contributed by atoms with Crippen LogP contribution in [0.25, 0.3) is 0 Å². The fourth-order valence-corrected chi connectivity index (χ4v) is 2.49. The zero-order valence-electron chi connectivity index (χ0n) is 11.6. The Morgan fingerprint density at radius 2 is 2.20 bits per heavy atom. The van der Waals surface area contributed by atoms with Crippen LogP contribution in [0.1, 0.15) is 24.2 Å². The molecule has 0 unspecified atom stereocenters. The summed E-state index contributed by atoms with van der Waals surface area (Å²) in [4.78, 5) is 2.24. The molecule has 106 valence electrons. The fourth-order valence-electron chi connectivity index (χ4n) is 2.49. The number of furan rings is 1. The zero-order chi connectivity index (χ0) is 13.9. The summed E-state index contributed by atoms with van der Waals surface area (Å²) in [5.41, 5.74) is 1.90. The van der Waals surface area contributed by atoms with E-state index in [1.807, 2.05) is 19.2 Å². The van der Waals surface area contributed by atoms with Gasteiger partial charge in [-0.1, -0.05) is 0 Å². The van der Waals surface area contributed by atoms with Gasteiger partial charge >= 0.3 is 0 Å². The van der Waals surface area contributed by atoms with Gasteiger partial charge in [-0.25, -0.2) is 4.39 Å². The van der Waals surface area contributed by atoms with Crippen LogP contribution in [0.5, 0.6) is 0 Å². The van der Waals surface area contributed by atoms with Gasteiger partial charge in [0.1, 0.15) is 11.6 Å². The summed E-state index contributed by atoms with van der Waals surface area (Å²) >= 11 is 0. The van der Waals surface area contributed by atoms with Crippen LogP contribution in [0, 0.1) is 5.82 Å².